The summed E-state index contributed by atoms with van der Waals surface area (Å²) < 4.78 is 0. The van der Waals surface area contributed by atoms with Gasteiger partial charge in [-0.15, -0.1) is 0 Å². The molecule has 0 heteroatoms. The first-order valence-electron chi connectivity index (χ1n) is 10.7. The summed E-state index contributed by atoms with van der Waals surface area (Å²) in [6, 6.07) is 19.2. The Balaban J connectivity index is 1.80. The highest BCUT2D eigenvalue weighted by Crippen LogP contribution is 2.56. The van der Waals surface area contributed by atoms with Gasteiger partial charge in [0.05, 0.1) is 0 Å². The predicted molar refractivity (Wildman–Crippen MR) is 120 cm³/mol. The van der Waals surface area contributed by atoms with Gasteiger partial charge in [0.2, 0.25) is 0 Å². The summed E-state index contributed by atoms with van der Waals surface area (Å²) >= 11 is 0. The van der Waals surface area contributed by atoms with Gasteiger partial charge in [0, 0.05) is 10.8 Å². The highest BCUT2D eigenvalue weighted by molar-refractivity contribution is 5.90. The summed E-state index contributed by atoms with van der Waals surface area (Å²) in [6.07, 6.45) is 2.35. The normalized spacial score (nSPS) is 17.1. The predicted octanol–water partition coefficient (Wildman–Crippen LogP) is 7.56. The van der Waals surface area contributed by atoms with Gasteiger partial charge in [-0.2, -0.15) is 0 Å². The van der Waals surface area contributed by atoms with Crippen molar-refractivity contribution in [1.82, 2.24) is 0 Å². The first-order valence-corrected chi connectivity index (χ1v) is 10.7. The maximum Gasteiger partial charge on any atom is 0.0159 e. The minimum absolute atomic E-state index is 0.0595. The molecule has 0 N–H and O–H groups in total. The monoisotopic (exact) mass is 366 g/mol. The van der Waals surface area contributed by atoms with Gasteiger partial charge in [-0.25, -0.2) is 0 Å². The van der Waals surface area contributed by atoms with E-state index in [1.165, 1.54) is 62.1 Å². The SMILES string of the molecule is CCCc1ccc2c(c1)-c1cc3c(cc1C2(C)C)C(C)(C)c1cc(C)ccc1-3. The van der Waals surface area contributed by atoms with E-state index in [4.69, 9.17) is 0 Å². The maximum absolute atomic E-state index is 2.53. The van der Waals surface area contributed by atoms with Gasteiger partial charge in [0.1, 0.15) is 0 Å². The van der Waals surface area contributed by atoms with Gasteiger partial charge in [0.25, 0.3) is 0 Å². The van der Waals surface area contributed by atoms with Crippen LogP contribution < -0.4 is 0 Å². The molecule has 3 aromatic rings. The molecule has 2 aliphatic carbocycles. The van der Waals surface area contributed by atoms with Crippen LogP contribution in [0, 0.1) is 6.92 Å². The molecule has 0 heterocycles. The van der Waals surface area contributed by atoms with Crippen molar-refractivity contribution in [3.05, 3.63) is 81.9 Å². The van der Waals surface area contributed by atoms with Gasteiger partial charge in [-0.05, 0) is 69.5 Å². The summed E-state index contributed by atoms with van der Waals surface area (Å²) in [5.41, 5.74) is 14.6. The van der Waals surface area contributed by atoms with E-state index in [-0.39, 0.29) is 10.8 Å². The Morgan fingerprint density at radius 1 is 0.607 bits per heavy atom. The lowest BCUT2D eigenvalue weighted by atomic mass is 9.77. The molecule has 5 rings (SSSR count). The zero-order chi connectivity index (χ0) is 19.8. The van der Waals surface area contributed by atoms with Crippen LogP contribution >= 0.6 is 0 Å². The van der Waals surface area contributed by atoms with Crippen LogP contribution in [0.1, 0.15) is 74.4 Å². The van der Waals surface area contributed by atoms with Gasteiger partial charge in [0.15, 0.2) is 0 Å². The highest BCUT2D eigenvalue weighted by atomic mass is 14.4. The van der Waals surface area contributed by atoms with E-state index in [1.54, 1.807) is 0 Å². The second kappa shape index (κ2) is 5.60. The van der Waals surface area contributed by atoms with E-state index in [0.717, 1.165) is 6.42 Å². The van der Waals surface area contributed by atoms with Crippen molar-refractivity contribution in [2.75, 3.05) is 0 Å². The summed E-state index contributed by atoms with van der Waals surface area (Å²) in [5, 5.41) is 0. The Morgan fingerprint density at radius 3 is 1.93 bits per heavy atom. The summed E-state index contributed by atoms with van der Waals surface area (Å²) in [5.74, 6) is 0. The minimum Gasteiger partial charge on any atom is -0.0651 e. The molecule has 0 atom stereocenters. The first kappa shape index (κ1) is 17.7. The second-order valence-corrected chi connectivity index (χ2v) is 9.87. The zero-order valence-electron chi connectivity index (χ0n) is 18.0. The van der Waals surface area contributed by atoms with Crippen molar-refractivity contribution in [3.63, 3.8) is 0 Å². The average molecular weight is 367 g/mol. The van der Waals surface area contributed by atoms with Crippen molar-refractivity contribution in [3.8, 4) is 22.3 Å². The topological polar surface area (TPSA) is 0 Å². The number of hydrogen-bond acceptors (Lipinski definition) is 0. The molecule has 0 aliphatic heterocycles. The smallest absolute Gasteiger partial charge is 0.0159 e. The van der Waals surface area contributed by atoms with Crippen molar-refractivity contribution < 1.29 is 0 Å². The number of fused-ring (bicyclic) bond motifs is 6. The lowest BCUT2D eigenvalue weighted by molar-refractivity contribution is 0.639. The number of rotatable bonds is 2. The fourth-order valence-electron chi connectivity index (χ4n) is 5.58. The van der Waals surface area contributed by atoms with Crippen LogP contribution in [0.15, 0.2) is 48.5 Å². The molecule has 0 saturated heterocycles. The Hall–Kier alpha value is -2.34. The molecule has 0 unspecified atom stereocenters. The lowest BCUT2D eigenvalue weighted by Gasteiger charge is -2.26. The van der Waals surface area contributed by atoms with E-state index < -0.39 is 0 Å². The number of hydrogen-bond donors (Lipinski definition) is 0. The largest absolute Gasteiger partial charge is 0.0651 e. The van der Waals surface area contributed by atoms with Crippen molar-refractivity contribution >= 4 is 0 Å². The molecule has 0 bridgehead atoms. The van der Waals surface area contributed by atoms with Crippen LogP contribution in [-0.2, 0) is 17.3 Å². The number of benzene rings is 3. The van der Waals surface area contributed by atoms with Crippen LogP contribution in [0.3, 0.4) is 0 Å². The van der Waals surface area contributed by atoms with Gasteiger partial charge in [-0.3, -0.25) is 0 Å². The van der Waals surface area contributed by atoms with Crippen molar-refractivity contribution in [1.29, 1.82) is 0 Å². The third kappa shape index (κ3) is 2.18. The van der Waals surface area contributed by atoms with Gasteiger partial charge < -0.3 is 0 Å². The van der Waals surface area contributed by atoms with Gasteiger partial charge >= 0.3 is 0 Å². The third-order valence-corrected chi connectivity index (χ3v) is 7.23. The second-order valence-electron chi connectivity index (χ2n) is 9.87. The van der Waals surface area contributed by atoms with E-state index >= 15 is 0 Å². The van der Waals surface area contributed by atoms with Crippen LogP contribution in [0.25, 0.3) is 22.3 Å². The van der Waals surface area contributed by atoms with Crippen LogP contribution in [0.2, 0.25) is 0 Å². The van der Waals surface area contributed by atoms with E-state index in [2.05, 4.69) is 90.1 Å². The first-order chi connectivity index (χ1) is 13.2. The molecule has 28 heavy (non-hydrogen) atoms. The fraction of sp³-hybridized carbons (Fsp3) is 0.357. The molecule has 0 nitrogen and oxygen atoms in total. The van der Waals surface area contributed by atoms with Crippen molar-refractivity contribution in [2.24, 2.45) is 0 Å². The number of aryl methyl sites for hydroxylation is 2. The van der Waals surface area contributed by atoms with E-state index in [9.17, 15) is 0 Å². The Bertz CT molecular complexity index is 1130. The molecule has 0 amide bonds. The summed E-state index contributed by atoms with van der Waals surface area (Å²) in [7, 11) is 0. The Labute approximate surface area is 169 Å². The van der Waals surface area contributed by atoms with E-state index in [1.807, 2.05) is 0 Å². The fourth-order valence-corrected chi connectivity index (χ4v) is 5.58. The molecular formula is C28H30. The molecule has 2 aliphatic rings. The highest BCUT2D eigenvalue weighted by Gasteiger charge is 2.41. The lowest BCUT2D eigenvalue weighted by Crippen LogP contribution is -2.18. The zero-order valence-corrected chi connectivity index (χ0v) is 18.0. The maximum atomic E-state index is 2.53. The van der Waals surface area contributed by atoms with E-state index in [0.29, 0.717) is 0 Å². The summed E-state index contributed by atoms with van der Waals surface area (Å²) in [6.45, 7) is 14.0. The minimum atomic E-state index is 0.0595. The standard InChI is InChI=1S/C28H30/c1-7-8-18-10-12-23-20(14-18)22-15-21-19-11-9-17(2)13-24(19)28(5,6)25(21)16-26(22)27(23,3)4/h9-16H,7-8H2,1-6H3. The quantitative estimate of drug-likeness (QED) is 0.439. The molecule has 0 radical (unpaired) electrons. The molecular weight excluding hydrogens is 336 g/mol. The molecule has 3 aromatic carbocycles. The Morgan fingerprint density at radius 2 is 1.21 bits per heavy atom. The van der Waals surface area contributed by atoms with Crippen LogP contribution in [0.5, 0.6) is 0 Å². The van der Waals surface area contributed by atoms with Gasteiger partial charge in [-0.1, -0.05) is 89.1 Å². The third-order valence-electron chi connectivity index (χ3n) is 7.23. The summed E-state index contributed by atoms with van der Waals surface area (Å²) in [4.78, 5) is 0. The molecule has 0 saturated carbocycles. The molecule has 0 spiro atoms. The Kier molecular flexibility index (Phi) is 3.55. The van der Waals surface area contributed by atoms with Crippen LogP contribution in [0.4, 0.5) is 0 Å². The molecule has 142 valence electrons. The van der Waals surface area contributed by atoms with Crippen LogP contribution in [-0.4, -0.2) is 0 Å². The molecule has 0 fully saturated rings. The molecule has 0 aromatic heterocycles. The van der Waals surface area contributed by atoms with Crippen molar-refractivity contribution in [2.45, 2.75) is 65.2 Å². The average Bonchev–Trinajstić information content (AvgIpc) is 3.00.